The van der Waals surface area contributed by atoms with E-state index in [0.29, 0.717) is 0 Å². The van der Waals surface area contributed by atoms with Crippen molar-refractivity contribution in [2.45, 2.75) is 0 Å². The minimum atomic E-state index is -3.20. The molecule has 0 atom stereocenters. The molecule has 0 spiro atoms. The number of hydrogen-bond donors (Lipinski definition) is 0. The quantitative estimate of drug-likeness (QED) is 0.107. The number of aromatic nitrogens is 4. The molecule has 0 amide bonds. The molecule has 0 fully saturated rings. The molecule has 0 saturated heterocycles. The second-order valence-corrected chi connectivity index (χ2v) is 26.8. The zero-order valence-corrected chi connectivity index (χ0v) is 42.8. The first-order chi connectivity index (χ1) is 36.7. The lowest BCUT2D eigenvalue weighted by molar-refractivity contribution is 0.959. The fourth-order valence-corrected chi connectivity index (χ4v) is 22.6. The maximum absolute atomic E-state index is 5.36. The number of anilines is 3. The van der Waals surface area contributed by atoms with E-state index in [0.717, 1.165) is 44.8 Å². The van der Waals surface area contributed by atoms with Crippen LogP contribution in [0.25, 0.3) is 50.0 Å². The Morgan fingerprint density at radius 1 is 0.432 bits per heavy atom. The minimum Gasteiger partial charge on any atom is -0.327 e. The van der Waals surface area contributed by atoms with Gasteiger partial charge in [0.1, 0.15) is 11.5 Å². The monoisotopic (exact) mass is 979 g/mol. The molecular formula is C67H49N5Si2. The number of rotatable bonds is 9. The Kier molecular flexibility index (Phi) is 10.4. The summed E-state index contributed by atoms with van der Waals surface area (Å²) >= 11 is 0. The lowest BCUT2D eigenvalue weighted by Gasteiger charge is -2.45. The van der Waals surface area contributed by atoms with Gasteiger partial charge in [0.15, 0.2) is 16.1 Å². The molecule has 5 nitrogen and oxygen atoms in total. The topological polar surface area (TPSA) is 38.9 Å². The maximum atomic E-state index is 5.36. The van der Waals surface area contributed by atoms with Crippen molar-refractivity contribution >= 4 is 108 Å². The number of aryl methyl sites for hydroxylation is 1. The van der Waals surface area contributed by atoms with Crippen LogP contribution in [-0.2, 0) is 7.05 Å². The first kappa shape index (κ1) is 43.6. The molecule has 3 aromatic heterocycles. The number of para-hydroxylation sites is 4. The highest BCUT2D eigenvalue weighted by atomic mass is 28.3. The highest BCUT2D eigenvalue weighted by Crippen LogP contribution is 2.42. The predicted molar refractivity (Wildman–Crippen MR) is 314 cm³/mol. The Balaban J connectivity index is 1.11. The van der Waals surface area contributed by atoms with Crippen LogP contribution in [0.2, 0.25) is 0 Å². The van der Waals surface area contributed by atoms with Gasteiger partial charge in [-0.2, -0.15) is 0 Å². The third kappa shape index (κ3) is 6.47. The normalized spacial score (nSPS) is 13.0. The van der Waals surface area contributed by atoms with Gasteiger partial charge in [-0.3, -0.25) is 4.57 Å². The van der Waals surface area contributed by atoms with E-state index in [1.807, 2.05) is 6.20 Å². The number of fused-ring (bicyclic) bond motifs is 7. The summed E-state index contributed by atoms with van der Waals surface area (Å²) in [7, 11) is -4.20. The van der Waals surface area contributed by atoms with Gasteiger partial charge >= 0.3 is 0 Å². The molecule has 0 bridgehead atoms. The highest BCUT2D eigenvalue weighted by molar-refractivity contribution is 7.22. The smallest absolute Gasteiger partial charge is 0.186 e. The van der Waals surface area contributed by atoms with Gasteiger partial charge < -0.3 is 9.47 Å². The van der Waals surface area contributed by atoms with E-state index in [1.54, 1.807) is 0 Å². The first-order valence-electron chi connectivity index (χ1n) is 25.4. The van der Waals surface area contributed by atoms with Crippen LogP contribution in [0.15, 0.2) is 279 Å². The van der Waals surface area contributed by atoms with Crippen LogP contribution in [0.3, 0.4) is 0 Å². The molecule has 10 aromatic carbocycles. The summed E-state index contributed by atoms with van der Waals surface area (Å²) in [5.41, 5.74) is 9.87. The van der Waals surface area contributed by atoms with Gasteiger partial charge in [0.25, 0.3) is 0 Å². The number of pyridine rings is 1. The fraction of sp³-hybridized carbons (Fsp3) is 0.0149. The molecule has 0 N–H and O–H groups in total. The van der Waals surface area contributed by atoms with Crippen molar-refractivity contribution in [1.82, 2.24) is 19.1 Å². The van der Waals surface area contributed by atoms with Crippen LogP contribution < -0.4 is 46.4 Å². The molecule has 14 rings (SSSR count). The van der Waals surface area contributed by atoms with Crippen LogP contribution in [0.5, 0.6) is 0 Å². The average Bonchev–Trinajstić information content (AvgIpc) is 4.02. The highest BCUT2D eigenvalue weighted by Gasteiger charge is 2.51. The van der Waals surface area contributed by atoms with Crippen molar-refractivity contribution < 1.29 is 0 Å². The first-order valence-corrected chi connectivity index (χ1v) is 29.4. The van der Waals surface area contributed by atoms with Gasteiger partial charge in [0, 0.05) is 57.5 Å². The molecule has 74 heavy (non-hydrogen) atoms. The molecule has 4 heterocycles. The Bertz CT molecular complexity index is 4130. The number of benzene rings is 10. The summed E-state index contributed by atoms with van der Waals surface area (Å²) < 4.78 is 4.74. The van der Waals surface area contributed by atoms with Gasteiger partial charge in [-0.15, -0.1) is 0 Å². The lowest BCUT2D eigenvalue weighted by atomic mass is 10.1. The molecular weight excluding hydrogens is 931 g/mol. The van der Waals surface area contributed by atoms with E-state index in [9.17, 15) is 0 Å². The third-order valence-electron chi connectivity index (χ3n) is 15.6. The average molecular weight is 980 g/mol. The SMILES string of the molecule is Cn1c(-c2cccc([Si](c3ccccc3)(c3ccccc3)c3cccc(-n4c5ncccc5c5ccc6c(c54)[Si](c4ccccc4)(c4ccccc4)c4ccccc4N6c4ccccc4)c3)c2)nc2ccccc21. The van der Waals surface area contributed by atoms with E-state index >= 15 is 0 Å². The zero-order chi connectivity index (χ0) is 49.2. The number of hydrogen-bond acceptors (Lipinski definition) is 3. The number of imidazole rings is 1. The summed E-state index contributed by atoms with van der Waals surface area (Å²) in [6.45, 7) is 0. The summed E-state index contributed by atoms with van der Waals surface area (Å²) in [4.78, 5) is 13.1. The van der Waals surface area contributed by atoms with Crippen LogP contribution >= 0.6 is 0 Å². The lowest BCUT2D eigenvalue weighted by Crippen LogP contribution is -2.77. The predicted octanol–water partition coefficient (Wildman–Crippen LogP) is 10.3. The molecule has 0 aliphatic carbocycles. The minimum absolute atomic E-state index is 0.928. The van der Waals surface area contributed by atoms with Gasteiger partial charge in [-0.05, 0) is 97.0 Å². The largest absolute Gasteiger partial charge is 0.327 e. The van der Waals surface area contributed by atoms with Crippen molar-refractivity contribution in [3.8, 4) is 17.1 Å². The van der Waals surface area contributed by atoms with E-state index in [2.05, 4.69) is 294 Å². The molecule has 350 valence electrons. The Hall–Kier alpha value is -9.15. The molecule has 13 aromatic rings. The van der Waals surface area contributed by atoms with Crippen molar-refractivity contribution in [3.05, 3.63) is 279 Å². The summed E-state index contributed by atoms with van der Waals surface area (Å²) in [6, 6.07) is 102. The molecule has 7 heteroatoms. The van der Waals surface area contributed by atoms with Crippen LogP contribution in [0, 0.1) is 0 Å². The molecule has 0 unspecified atom stereocenters. The summed E-state index contributed by atoms with van der Waals surface area (Å²) in [6.07, 6.45) is 1.96. The van der Waals surface area contributed by atoms with Crippen LogP contribution in [0.4, 0.5) is 17.1 Å². The second kappa shape index (κ2) is 17.6. The van der Waals surface area contributed by atoms with Crippen LogP contribution in [0.1, 0.15) is 0 Å². The fourth-order valence-electron chi connectivity index (χ4n) is 12.5. The van der Waals surface area contributed by atoms with Gasteiger partial charge in [0.05, 0.1) is 16.6 Å². The van der Waals surface area contributed by atoms with Crippen molar-refractivity contribution in [2.24, 2.45) is 7.05 Å². The standard InChI is InChI=1S/C67H49N5Si2/c1-70-60-40-18-17-39-59(60)69-66(70)48-24-21-36-55(46-48)73(51-28-9-3-10-29-51,52-30-11-4-12-31-52)56-37-22-27-50(47-56)72-64-57(58-38-23-45-68-67(58)72)43-44-62-65(64)74(53-32-13-5-14-33-53,54-34-15-6-16-35-54)63-42-20-19-41-61(63)71(62)49-25-7-2-8-26-49/h2-47H,1H3. The van der Waals surface area contributed by atoms with E-state index in [4.69, 9.17) is 9.97 Å². The van der Waals surface area contributed by atoms with Crippen molar-refractivity contribution in [1.29, 1.82) is 0 Å². The van der Waals surface area contributed by atoms with E-state index < -0.39 is 16.1 Å². The molecule has 0 saturated carbocycles. The van der Waals surface area contributed by atoms with Gasteiger partial charge in [-0.1, -0.05) is 212 Å². The van der Waals surface area contributed by atoms with Crippen LogP contribution in [-0.4, -0.2) is 35.2 Å². The number of nitrogens with zero attached hydrogens (tertiary/aromatic N) is 5. The summed E-state index contributed by atoms with van der Waals surface area (Å²) in [5, 5.41) is 12.8. The molecule has 0 radical (unpaired) electrons. The zero-order valence-electron chi connectivity index (χ0n) is 40.8. The second-order valence-electron chi connectivity index (χ2n) is 19.3. The van der Waals surface area contributed by atoms with Crippen molar-refractivity contribution in [2.75, 3.05) is 4.90 Å². The van der Waals surface area contributed by atoms with E-state index in [-0.39, 0.29) is 0 Å². The van der Waals surface area contributed by atoms with Gasteiger partial charge in [0.2, 0.25) is 0 Å². The summed E-state index contributed by atoms with van der Waals surface area (Å²) in [5.74, 6) is 0.947. The van der Waals surface area contributed by atoms with Gasteiger partial charge in [-0.25, -0.2) is 9.97 Å². The van der Waals surface area contributed by atoms with E-state index in [1.165, 1.54) is 63.8 Å². The Morgan fingerprint density at radius 2 is 1.00 bits per heavy atom. The Labute approximate surface area is 432 Å². The van der Waals surface area contributed by atoms with Crippen molar-refractivity contribution in [3.63, 3.8) is 0 Å². The Morgan fingerprint density at radius 3 is 1.69 bits per heavy atom. The molecule has 1 aliphatic rings. The third-order valence-corrected chi connectivity index (χ3v) is 25.2. The maximum Gasteiger partial charge on any atom is 0.186 e. The molecule has 1 aliphatic heterocycles.